The third-order valence-electron chi connectivity index (χ3n) is 6.88. The van der Waals surface area contributed by atoms with Crippen molar-refractivity contribution in [1.29, 1.82) is 0 Å². The van der Waals surface area contributed by atoms with Gasteiger partial charge in [-0.05, 0) is 15.4 Å². The Morgan fingerprint density at radius 2 is 1.47 bits per heavy atom. The van der Waals surface area contributed by atoms with Crippen LogP contribution in [0.4, 0.5) is 0 Å². The van der Waals surface area contributed by atoms with Crippen LogP contribution in [0.1, 0.15) is 48.0 Å². The lowest BCUT2D eigenvalue weighted by Gasteiger charge is -2.45. The molecule has 2 aromatic rings. The van der Waals surface area contributed by atoms with E-state index in [1.807, 2.05) is 43.3 Å². The molecule has 0 saturated carbocycles. The molecule has 0 radical (unpaired) electrons. The number of hydrogen-bond donors (Lipinski definition) is 0. The van der Waals surface area contributed by atoms with Crippen LogP contribution in [0, 0.1) is 18.3 Å². The SMILES string of the molecule is C#CC[C@@]1(CO[Si](c2ccccc2)(c2ccccc2)C(C)(C)C)OC(OC(C)=O)[C@H](OC(C)=O)[C@@H]1C. The van der Waals surface area contributed by atoms with E-state index in [9.17, 15) is 9.59 Å². The molecule has 0 N–H and O–H groups in total. The summed E-state index contributed by atoms with van der Waals surface area (Å²) in [6.45, 7) is 11.2. The molecule has 0 aliphatic carbocycles. The van der Waals surface area contributed by atoms with Crippen molar-refractivity contribution in [3.63, 3.8) is 0 Å². The monoisotopic (exact) mass is 508 g/mol. The number of rotatable bonds is 8. The van der Waals surface area contributed by atoms with Crippen LogP contribution in [0.5, 0.6) is 0 Å². The van der Waals surface area contributed by atoms with Crippen LogP contribution in [0.3, 0.4) is 0 Å². The lowest BCUT2D eigenvalue weighted by Crippen LogP contribution is -2.68. The minimum absolute atomic E-state index is 0.140. The minimum Gasteiger partial charge on any atom is -0.455 e. The maximum atomic E-state index is 11.9. The molecule has 1 fully saturated rings. The average molecular weight is 509 g/mol. The van der Waals surface area contributed by atoms with Gasteiger partial charge in [0.1, 0.15) is 5.60 Å². The molecule has 1 heterocycles. The zero-order valence-corrected chi connectivity index (χ0v) is 22.9. The first-order valence-corrected chi connectivity index (χ1v) is 14.1. The van der Waals surface area contributed by atoms with Crippen molar-refractivity contribution < 1.29 is 28.2 Å². The summed E-state index contributed by atoms with van der Waals surface area (Å²) in [5.41, 5.74) is -1.03. The van der Waals surface area contributed by atoms with Crippen LogP contribution < -0.4 is 10.4 Å². The summed E-state index contributed by atoms with van der Waals surface area (Å²) >= 11 is 0. The van der Waals surface area contributed by atoms with Gasteiger partial charge in [0, 0.05) is 26.2 Å². The first-order valence-electron chi connectivity index (χ1n) is 12.2. The third kappa shape index (κ3) is 5.41. The van der Waals surface area contributed by atoms with Gasteiger partial charge in [0.2, 0.25) is 6.29 Å². The second-order valence-corrected chi connectivity index (χ2v) is 14.7. The highest BCUT2D eigenvalue weighted by Gasteiger charge is 2.58. The van der Waals surface area contributed by atoms with Crippen LogP contribution in [0.25, 0.3) is 0 Å². The van der Waals surface area contributed by atoms with Crippen molar-refractivity contribution in [2.45, 2.75) is 71.0 Å². The number of esters is 2. The Morgan fingerprint density at radius 1 is 0.972 bits per heavy atom. The van der Waals surface area contributed by atoms with Gasteiger partial charge in [0.05, 0.1) is 6.61 Å². The lowest BCUT2D eigenvalue weighted by atomic mass is 9.85. The maximum absolute atomic E-state index is 11.9. The van der Waals surface area contributed by atoms with Crippen molar-refractivity contribution >= 4 is 30.6 Å². The number of benzene rings is 2. The molecule has 0 spiro atoms. The van der Waals surface area contributed by atoms with Gasteiger partial charge in [-0.15, -0.1) is 12.3 Å². The molecular weight excluding hydrogens is 472 g/mol. The summed E-state index contributed by atoms with van der Waals surface area (Å²) in [6.07, 6.45) is 4.13. The van der Waals surface area contributed by atoms with E-state index < -0.39 is 38.3 Å². The van der Waals surface area contributed by atoms with Crippen molar-refractivity contribution in [3.8, 4) is 12.3 Å². The number of ether oxygens (including phenoxy) is 3. The first-order chi connectivity index (χ1) is 17.0. The molecule has 1 saturated heterocycles. The molecule has 1 aliphatic heterocycles. The first kappa shape index (κ1) is 27.7. The van der Waals surface area contributed by atoms with E-state index in [0.29, 0.717) is 0 Å². The zero-order valence-electron chi connectivity index (χ0n) is 21.9. The highest BCUT2D eigenvalue weighted by molar-refractivity contribution is 6.99. The van der Waals surface area contributed by atoms with E-state index in [1.54, 1.807) is 0 Å². The van der Waals surface area contributed by atoms with E-state index in [0.717, 1.165) is 10.4 Å². The minimum atomic E-state index is -2.89. The van der Waals surface area contributed by atoms with Crippen LogP contribution in [0.15, 0.2) is 60.7 Å². The number of carbonyl (C=O) groups excluding carboxylic acids is 2. The molecule has 0 bridgehead atoms. The van der Waals surface area contributed by atoms with Gasteiger partial charge in [0.15, 0.2) is 6.10 Å². The third-order valence-corrected chi connectivity index (χ3v) is 11.9. The van der Waals surface area contributed by atoms with Gasteiger partial charge in [-0.2, -0.15) is 0 Å². The van der Waals surface area contributed by atoms with Crippen LogP contribution in [-0.2, 0) is 28.2 Å². The number of carbonyl (C=O) groups is 2. The summed E-state index contributed by atoms with van der Waals surface area (Å²) in [5, 5.41) is 2.00. The molecule has 192 valence electrons. The second kappa shape index (κ2) is 11.0. The predicted octanol–water partition coefficient (Wildman–Crippen LogP) is 3.81. The van der Waals surface area contributed by atoms with Crippen LogP contribution >= 0.6 is 0 Å². The Labute approximate surface area is 215 Å². The van der Waals surface area contributed by atoms with Gasteiger partial charge < -0.3 is 18.6 Å². The van der Waals surface area contributed by atoms with Crippen molar-refractivity contribution in [2.24, 2.45) is 5.92 Å². The van der Waals surface area contributed by atoms with Crippen molar-refractivity contribution in [2.75, 3.05) is 6.61 Å². The smallest absolute Gasteiger partial charge is 0.305 e. The average Bonchev–Trinajstić information content (AvgIpc) is 3.05. The van der Waals surface area contributed by atoms with Gasteiger partial charge in [0.25, 0.3) is 8.32 Å². The highest BCUT2D eigenvalue weighted by Crippen LogP contribution is 2.44. The maximum Gasteiger partial charge on any atom is 0.305 e. The summed E-state index contributed by atoms with van der Waals surface area (Å²) in [6, 6.07) is 20.5. The van der Waals surface area contributed by atoms with Gasteiger partial charge in [-0.3, -0.25) is 9.59 Å². The van der Waals surface area contributed by atoms with Gasteiger partial charge in [-0.1, -0.05) is 88.4 Å². The summed E-state index contributed by atoms with van der Waals surface area (Å²) in [7, 11) is -2.89. The fraction of sp³-hybridized carbons (Fsp3) is 0.448. The molecule has 0 amide bonds. The molecule has 36 heavy (non-hydrogen) atoms. The van der Waals surface area contributed by atoms with E-state index in [-0.39, 0.29) is 24.0 Å². The Balaban J connectivity index is 2.10. The Hall–Kier alpha value is -2.92. The molecule has 7 heteroatoms. The molecule has 4 atom stereocenters. The molecule has 1 aliphatic rings. The normalized spacial score (nSPS) is 24.1. The number of terminal acetylenes is 1. The van der Waals surface area contributed by atoms with Crippen LogP contribution in [0.2, 0.25) is 5.04 Å². The topological polar surface area (TPSA) is 71.1 Å². The largest absolute Gasteiger partial charge is 0.455 e. The van der Waals surface area contributed by atoms with Gasteiger partial charge in [-0.25, -0.2) is 0 Å². The summed E-state index contributed by atoms with van der Waals surface area (Å²) in [4.78, 5) is 23.7. The number of hydrogen-bond acceptors (Lipinski definition) is 6. The lowest BCUT2D eigenvalue weighted by molar-refractivity contribution is -0.207. The predicted molar refractivity (Wildman–Crippen MR) is 141 cm³/mol. The van der Waals surface area contributed by atoms with Crippen LogP contribution in [-0.4, -0.2) is 44.9 Å². The van der Waals surface area contributed by atoms with E-state index in [1.165, 1.54) is 13.8 Å². The fourth-order valence-electron chi connectivity index (χ4n) is 5.13. The molecule has 3 rings (SSSR count). The fourth-order valence-corrected chi connectivity index (χ4v) is 9.74. The quantitative estimate of drug-likeness (QED) is 0.307. The molecule has 0 aromatic heterocycles. The summed E-state index contributed by atoms with van der Waals surface area (Å²) < 4.78 is 24.4. The Morgan fingerprint density at radius 3 is 1.89 bits per heavy atom. The van der Waals surface area contributed by atoms with Crippen molar-refractivity contribution in [1.82, 2.24) is 0 Å². The molecule has 1 unspecified atom stereocenters. The van der Waals surface area contributed by atoms with Crippen molar-refractivity contribution in [3.05, 3.63) is 60.7 Å². The zero-order chi connectivity index (χ0) is 26.6. The summed E-state index contributed by atoms with van der Waals surface area (Å²) in [5.74, 6) is 1.30. The standard InChI is InChI=1S/C29H36O6Si/c1-8-19-29(21(2)26(33-22(3)30)27(35-29)34-23(4)31)20-32-36(28(5,6)7,24-15-11-9-12-16-24)25-17-13-10-14-18-25/h1,9-18,21,26-27H,19-20H2,2-7H3/t21-,26+,27?,29-/m0/s1. The van der Waals surface area contributed by atoms with Gasteiger partial charge >= 0.3 is 11.9 Å². The van der Waals surface area contributed by atoms with E-state index >= 15 is 0 Å². The second-order valence-electron chi connectivity index (χ2n) is 10.4. The Kier molecular flexibility index (Phi) is 8.45. The highest BCUT2D eigenvalue weighted by atomic mass is 28.4. The molecular formula is C29H36O6Si. The van der Waals surface area contributed by atoms with E-state index in [2.05, 4.69) is 51.0 Å². The molecule has 2 aromatic carbocycles. The Bertz CT molecular complexity index is 1050. The molecule has 6 nitrogen and oxygen atoms in total. The van der Waals surface area contributed by atoms with E-state index in [4.69, 9.17) is 25.1 Å².